The fraction of sp³-hybridized carbons (Fsp3) is 0. The molecule has 1 N–H and O–H groups in total. The summed E-state index contributed by atoms with van der Waals surface area (Å²) in [5.74, 6) is 0.0134. The van der Waals surface area contributed by atoms with E-state index in [9.17, 15) is 9.59 Å². The van der Waals surface area contributed by atoms with Crippen LogP contribution in [-0.2, 0) is 0 Å². The van der Waals surface area contributed by atoms with E-state index in [0.29, 0.717) is 6.29 Å². The summed E-state index contributed by atoms with van der Waals surface area (Å²) >= 11 is 0. The van der Waals surface area contributed by atoms with Crippen LogP contribution in [0, 0.1) is 0 Å². The van der Waals surface area contributed by atoms with E-state index in [-0.39, 0.29) is 27.7 Å². The number of phenols is 1. The van der Waals surface area contributed by atoms with Crippen LogP contribution in [0.25, 0.3) is 11.0 Å². The van der Waals surface area contributed by atoms with Crippen LogP contribution in [0.2, 0.25) is 0 Å². The third-order valence-corrected chi connectivity index (χ3v) is 1.91. The van der Waals surface area contributed by atoms with Gasteiger partial charge in [-0.1, -0.05) is 0 Å². The molecular formula is C10H6O4. The van der Waals surface area contributed by atoms with Crippen LogP contribution < -0.4 is 5.43 Å². The first-order chi connectivity index (χ1) is 6.72. The molecule has 0 radical (unpaired) electrons. The van der Waals surface area contributed by atoms with Crippen molar-refractivity contribution in [3.8, 4) is 5.75 Å². The summed E-state index contributed by atoms with van der Waals surface area (Å²) in [5, 5.41) is 9.40. The van der Waals surface area contributed by atoms with Crippen LogP contribution in [0.4, 0.5) is 0 Å². The Morgan fingerprint density at radius 2 is 2.14 bits per heavy atom. The Bertz CT molecular complexity index is 554. The molecule has 0 atom stereocenters. The molecule has 0 saturated carbocycles. The summed E-state index contributed by atoms with van der Waals surface area (Å²) in [6, 6.07) is 4.11. The number of fused-ring (bicyclic) bond motifs is 1. The first-order valence-corrected chi connectivity index (χ1v) is 3.92. The van der Waals surface area contributed by atoms with Gasteiger partial charge in [-0.05, 0) is 12.1 Å². The first-order valence-electron chi connectivity index (χ1n) is 3.92. The molecule has 0 aliphatic rings. The summed E-state index contributed by atoms with van der Waals surface area (Å²) in [4.78, 5) is 21.9. The average Bonchev–Trinajstić information content (AvgIpc) is 2.18. The van der Waals surface area contributed by atoms with Gasteiger partial charge >= 0.3 is 0 Å². The van der Waals surface area contributed by atoms with Crippen molar-refractivity contribution in [2.75, 3.05) is 0 Å². The second-order valence-electron chi connectivity index (χ2n) is 2.82. The number of carbonyl (C=O) groups is 1. The van der Waals surface area contributed by atoms with Crippen LogP contribution in [0.5, 0.6) is 5.75 Å². The predicted octanol–water partition coefficient (Wildman–Crippen LogP) is 1.31. The molecule has 0 saturated heterocycles. The Kier molecular flexibility index (Phi) is 1.81. The number of hydrogen-bond acceptors (Lipinski definition) is 4. The Hall–Kier alpha value is -2.10. The maximum atomic E-state index is 11.5. The molecule has 70 valence electrons. The minimum atomic E-state index is -0.388. The Morgan fingerprint density at radius 3 is 2.86 bits per heavy atom. The quantitative estimate of drug-likeness (QED) is 0.688. The molecule has 1 aromatic carbocycles. The third kappa shape index (κ3) is 1.17. The van der Waals surface area contributed by atoms with Crippen molar-refractivity contribution >= 4 is 17.3 Å². The molecule has 0 bridgehead atoms. The lowest BCUT2D eigenvalue weighted by atomic mass is 10.2. The average molecular weight is 190 g/mol. The van der Waals surface area contributed by atoms with Crippen LogP contribution >= 0.6 is 0 Å². The molecule has 0 aliphatic carbocycles. The van der Waals surface area contributed by atoms with Crippen molar-refractivity contribution < 1.29 is 14.3 Å². The summed E-state index contributed by atoms with van der Waals surface area (Å²) in [6.45, 7) is 0. The molecule has 2 rings (SSSR count). The molecule has 0 spiro atoms. The van der Waals surface area contributed by atoms with E-state index in [4.69, 9.17) is 9.52 Å². The minimum Gasteiger partial charge on any atom is -0.508 e. The highest BCUT2D eigenvalue weighted by Crippen LogP contribution is 2.17. The second kappa shape index (κ2) is 2.99. The van der Waals surface area contributed by atoms with E-state index in [1.165, 1.54) is 18.2 Å². The number of aromatic hydroxyl groups is 1. The number of phenolic OH excluding ortho intramolecular Hbond substituents is 1. The normalized spacial score (nSPS) is 10.3. The molecular weight excluding hydrogens is 184 g/mol. The lowest BCUT2D eigenvalue weighted by molar-refractivity contribution is 0.112. The topological polar surface area (TPSA) is 67.5 Å². The molecule has 4 nitrogen and oxygen atoms in total. The minimum absolute atomic E-state index is 0.0134. The molecule has 0 aliphatic heterocycles. The lowest BCUT2D eigenvalue weighted by Crippen LogP contribution is -2.07. The van der Waals surface area contributed by atoms with Crippen molar-refractivity contribution in [2.24, 2.45) is 0 Å². The number of aldehydes is 1. The molecule has 0 unspecified atom stereocenters. The number of carbonyl (C=O) groups excluding carboxylic acids is 1. The van der Waals surface area contributed by atoms with Gasteiger partial charge in [0.1, 0.15) is 17.6 Å². The Morgan fingerprint density at radius 1 is 1.36 bits per heavy atom. The summed E-state index contributed by atoms with van der Waals surface area (Å²) in [5.41, 5.74) is -0.148. The standard InChI is InChI=1S/C10H6O4/c11-4-6-5-14-9-3-7(12)1-2-8(9)10(6)13/h1-5,12H. The van der Waals surface area contributed by atoms with Crippen LogP contribution in [-0.4, -0.2) is 11.4 Å². The van der Waals surface area contributed by atoms with Crippen molar-refractivity contribution in [2.45, 2.75) is 0 Å². The van der Waals surface area contributed by atoms with E-state index < -0.39 is 0 Å². The maximum Gasteiger partial charge on any atom is 0.203 e. The van der Waals surface area contributed by atoms with Crippen LogP contribution in [0.1, 0.15) is 10.4 Å². The fourth-order valence-corrected chi connectivity index (χ4v) is 1.21. The van der Waals surface area contributed by atoms with Gasteiger partial charge in [-0.25, -0.2) is 0 Å². The highest BCUT2D eigenvalue weighted by Gasteiger charge is 2.05. The van der Waals surface area contributed by atoms with E-state index in [1.54, 1.807) is 0 Å². The van der Waals surface area contributed by atoms with Crippen molar-refractivity contribution in [3.05, 3.63) is 40.2 Å². The molecule has 0 amide bonds. The highest BCUT2D eigenvalue weighted by atomic mass is 16.3. The van der Waals surface area contributed by atoms with Crippen molar-refractivity contribution in [1.29, 1.82) is 0 Å². The van der Waals surface area contributed by atoms with Gasteiger partial charge in [0.25, 0.3) is 0 Å². The van der Waals surface area contributed by atoms with E-state index in [0.717, 1.165) is 6.26 Å². The summed E-state index contributed by atoms with van der Waals surface area (Å²) < 4.78 is 5.00. The van der Waals surface area contributed by atoms with Crippen molar-refractivity contribution in [1.82, 2.24) is 0 Å². The van der Waals surface area contributed by atoms with Gasteiger partial charge in [-0.3, -0.25) is 9.59 Å². The maximum absolute atomic E-state index is 11.5. The smallest absolute Gasteiger partial charge is 0.203 e. The molecule has 0 fully saturated rings. The van der Waals surface area contributed by atoms with Gasteiger partial charge in [0.05, 0.1) is 10.9 Å². The second-order valence-corrected chi connectivity index (χ2v) is 2.82. The molecule has 2 aromatic rings. The summed E-state index contributed by atoms with van der Waals surface area (Å²) in [7, 11) is 0. The first kappa shape index (κ1) is 8.50. The zero-order chi connectivity index (χ0) is 10.1. The molecule has 1 heterocycles. The third-order valence-electron chi connectivity index (χ3n) is 1.91. The number of benzene rings is 1. The monoisotopic (exact) mass is 190 g/mol. The van der Waals surface area contributed by atoms with E-state index >= 15 is 0 Å². The van der Waals surface area contributed by atoms with Gasteiger partial charge < -0.3 is 9.52 Å². The van der Waals surface area contributed by atoms with Gasteiger partial charge in [0.2, 0.25) is 5.43 Å². The number of hydrogen-bond donors (Lipinski definition) is 1. The lowest BCUT2D eigenvalue weighted by Gasteiger charge is -1.97. The van der Waals surface area contributed by atoms with Crippen LogP contribution in [0.3, 0.4) is 0 Å². The molecule has 1 aromatic heterocycles. The fourth-order valence-electron chi connectivity index (χ4n) is 1.21. The van der Waals surface area contributed by atoms with Gasteiger partial charge in [-0.15, -0.1) is 0 Å². The zero-order valence-electron chi connectivity index (χ0n) is 7.06. The predicted molar refractivity (Wildman–Crippen MR) is 49.5 cm³/mol. The van der Waals surface area contributed by atoms with Gasteiger partial charge in [0.15, 0.2) is 6.29 Å². The summed E-state index contributed by atoms with van der Waals surface area (Å²) in [6.07, 6.45) is 1.52. The van der Waals surface area contributed by atoms with Crippen molar-refractivity contribution in [3.63, 3.8) is 0 Å². The Balaban J connectivity index is 2.91. The highest BCUT2D eigenvalue weighted by molar-refractivity contribution is 5.84. The van der Waals surface area contributed by atoms with Gasteiger partial charge in [0, 0.05) is 6.07 Å². The van der Waals surface area contributed by atoms with E-state index in [2.05, 4.69) is 0 Å². The van der Waals surface area contributed by atoms with Crippen LogP contribution in [0.15, 0.2) is 33.7 Å². The number of rotatable bonds is 1. The largest absolute Gasteiger partial charge is 0.508 e. The molecule has 4 heteroatoms. The zero-order valence-corrected chi connectivity index (χ0v) is 7.06. The molecule has 14 heavy (non-hydrogen) atoms. The van der Waals surface area contributed by atoms with Gasteiger partial charge in [-0.2, -0.15) is 0 Å². The SMILES string of the molecule is O=Cc1coc2cc(O)ccc2c1=O. The Labute approximate surface area is 78.4 Å². The van der Waals surface area contributed by atoms with E-state index in [1.807, 2.05) is 0 Å².